The molecule has 0 spiro atoms. The fourth-order valence-electron chi connectivity index (χ4n) is 2.73. The monoisotopic (exact) mass is 394 g/mol. The summed E-state index contributed by atoms with van der Waals surface area (Å²) in [7, 11) is 0. The number of nitrogens with one attached hydrogen (secondary N) is 2. The highest BCUT2D eigenvalue weighted by Gasteiger charge is 2.23. The quantitative estimate of drug-likeness (QED) is 0.630. The second-order valence-electron chi connectivity index (χ2n) is 6.72. The maximum absolute atomic E-state index is 12.4. The van der Waals surface area contributed by atoms with E-state index < -0.39 is 0 Å². The summed E-state index contributed by atoms with van der Waals surface area (Å²) < 4.78 is 11.1. The molecule has 0 aromatic heterocycles. The first-order valence-corrected chi connectivity index (χ1v) is 9.88. The highest BCUT2D eigenvalue weighted by molar-refractivity contribution is 6.03. The molecule has 1 fully saturated rings. The predicted octanol–water partition coefficient (Wildman–Crippen LogP) is 4.03. The molecule has 0 bridgehead atoms. The zero-order valence-corrected chi connectivity index (χ0v) is 16.7. The molecule has 6 heteroatoms. The Labute approximate surface area is 170 Å². The van der Waals surface area contributed by atoms with E-state index in [1.807, 2.05) is 26.0 Å². The van der Waals surface area contributed by atoms with E-state index in [4.69, 9.17) is 9.47 Å². The van der Waals surface area contributed by atoms with Crippen LogP contribution in [0, 0.1) is 0 Å². The van der Waals surface area contributed by atoms with Crippen molar-refractivity contribution in [3.8, 4) is 11.5 Å². The second-order valence-corrected chi connectivity index (χ2v) is 6.72. The third kappa shape index (κ3) is 6.10. The lowest BCUT2D eigenvalue weighted by Crippen LogP contribution is -2.25. The van der Waals surface area contributed by atoms with Crippen LogP contribution >= 0.6 is 0 Å². The summed E-state index contributed by atoms with van der Waals surface area (Å²) in [6.45, 7) is 4.82. The van der Waals surface area contributed by atoms with E-state index in [0.717, 1.165) is 18.4 Å². The minimum Gasteiger partial charge on any atom is -0.494 e. The van der Waals surface area contributed by atoms with Gasteiger partial charge in [0.1, 0.15) is 11.5 Å². The molecule has 3 rings (SSSR count). The van der Waals surface area contributed by atoms with E-state index in [1.54, 1.807) is 36.4 Å². The van der Waals surface area contributed by atoms with Crippen LogP contribution in [0.25, 0.3) is 6.08 Å². The van der Waals surface area contributed by atoms with Crippen molar-refractivity contribution in [2.75, 3.05) is 18.5 Å². The van der Waals surface area contributed by atoms with Crippen molar-refractivity contribution < 1.29 is 19.1 Å². The van der Waals surface area contributed by atoms with Crippen LogP contribution in [-0.2, 0) is 4.79 Å². The molecule has 2 amide bonds. The third-order valence-corrected chi connectivity index (χ3v) is 4.33. The first-order valence-electron chi connectivity index (χ1n) is 9.88. The van der Waals surface area contributed by atoms with Gasteiger partial charge in [0.25, 0.3) is 5.91 Å². The van der Waals surface area contributed by atoms with Gasteiger partial charge in [0, 0.05) is 23.7 Å². The molecule has 0 radical (unpaired) electrons. The summed E-state index contributed by atoms with van der Waals surface area (Å²) in [6, 6.07) is 12.8. The van der Waals surface area contributed by atoms with E-state index in [0.29, 0.717) is 42.0 Å². The Morgan fingerprint density at radius 2 is 1.76 bits per heavy atom. The van der Waals surface area contributed by atoms with Crippen molar-refractivity contribution in [1.29, 1.82) is 0 Å². The molecule has 0 unspecified atom stereocenters. The lowest BCUT2D eigenvalue weighted by molar-refractivity contribution is -0.111. The van der Waals surface area contributed by atoms with Gasteiger partial charge in [-0.1, -0.05) is 12.1 Å². The first kappa shape index (κ1) is 20.5. The molecule has 2 N–H and O–H groups in total. The van der Waals surface area contributed by atoms with Gasteiger partial charge >= 0.3 is 0 Å². The van der Waals surface area contributed by atoms with Crippen molar-refractivity contribution in [2.45, 2.75) is 32.7 Å². The molecular weight excluding hydrogens is 368 g/mol. The first-order chi connectivity index (χ1) is 14.1. The Balaban J connectivity index is 1.63. The Kier molecular flexibility index (Phi) is 6.89. The van der Waals surface area contributed by atoms with E-state index in [9.17, 15) is 9.59 Å². The van der Waals surface area contributed by atoms with Crippen LogP contribution < -0.4 is 20.1 Å². The fraction of sp³-hybridized carbons (Fsp3) is 0.304. The molecule has 0 atom stereocenters. The number of hydrogen-bond donors (Lipinski definition) is 2. The lowest BCUT2D eigenvalue weighted by atomic mass is 10.1. The third-order valence-electron chi connectivity index (χ3n) is 4.33. The minimum atomic E-state index is -0.282. The summed E-state index contributed by atoms with van der Waals surface area (Å²) in [5, 5.41) is 5.78. The van der Waals surface area contributed by atoms with Gasteiger partial charge in [0.05, 0.1) is 18.9 Å². The van der Waals surface area contributed by atoms with Gasteiger partial charge in [-0.25, -0.2) is 0 Å². The average molecular weight is 394 g/mol. The molecule has 0 heterocycles. The smallest absolute Gasteiger partial charge is 0.251 e. The number of benzene rings is 2. The van der Waals surface area contributed by atoms with Crippen molar-refractivity contribution in [3.05, 3.63) is 59.7 Å². The number of ether oxygens (including phenoxy) is 2. The minimum absolute atomic E-state index is 0.0570. The molecule has 6 nitrogen and oxygen atoms in total. The molecule has 0 saturated heterocycles. The van der Waals surface area contributed by atoms with Gasteiger partial charge < -0.3 is 20.1 Å². The van der Waals surface area contributed by atoms with Crippen molar-refractivity contribution in [3.63, 3.8) is 0 Å². The Morgan fingerprint density at radius 3 is 2.41 bits per heavy atom. The lowest BCUT2D eigenvalue weighted by Gasteiger charge is -2.12. The van der Waals surface area contributed by atoms with Crippen LogP contribution in [0.15, 0.2) is 48.5 Å². The van der Waals surface area contributed by atoms with E-state index in [-0.39, 0.29) is 11.8 Å². The summed E-state index contributed by atoms with van der Waals surface area (Å²) >= 11 is 0. The number of rotatable bonds is 9. The summed E-state index contributed by atoms with van der Waals surface area (Å²) in [6.07, 6.45) is 5.26. The van der Waals surface area contributed by atoms with Gasteiger partial charge in [0.2, 0.25) is 5.91 Å². The molecule has 1 aliphatic rings. The Bertz CT molecular complexity index is 886. The number of carbonyl (C=O) groups excluding carboxylic acids is 2. The SMILES string of the molecule is CCOc1ccc(OCC)c(NC(=O)/C=C/c2ccc(C(=O)NC3CC3)cc2)c1. The van der Waals surface area contributed by atoms with Crippen molar-refractivity contribution in [2.24, 2.45) is 0 Å². The zero-order chi connectivity index (χ0) is 20.6. The average Bonchev–Trinajstić information content (AvgIpc) is 3.53. The van der Waals surface area contributed by atoms with Gasteiger partial charge in [-0.3, -0.25) is 9.59 Å². The zero-order valence-electron chi connectivity index (χ0n) is 16.7. The van der Waals surface area contributed by atoms with Crippen LogP contribution in [0.1, 0.15) is 42.6 Å². The molecule has 2 aromatic carbocycles. The number of anilines is 1. The van der Waals surface area contributed by atoms with Gasteiger partial charge in [-0.15, -0.1) is 0 Å². The van der Waals surface area contributed by atoms with Crippen molar-refractivity contribution in [1.82, 2.24) is 5.32 Å². The molecular formula is C23H26N2O4. The van der Waals surface area contributed by atoms with Crippen molar-refractivity contribution >= 4 is 23.6 Å². The highest BCUT2D eigenvalue weighted by Crippen LogP contribution is 2.29. The molecule has 0 aliphatic heterocycles. The maximum atomic E-state index is 12.4. The largest absolute Gasteiger partial charge is 0.494 e. The topological polar surface area (TPSA) is 76.7 Å². The van der Waals surface area contributed by atoms with Crippen LogP contribution in [-0.4, -0.2) is 31.1 Å². The van der Waals surface area contributed by atoms with E-state index >= 15 is 0 Å². The van der Waals surface area contributed by atoms with E-state index in [1.165, 1.54) is 6.08 Å². The molecule has 29 heavy (non-hydrogen) atoms. The van der Waals surface area contributed by atoms with Crippen LogP contribution in [0.5, 0.6) is 11.5 Å². The maximum Gasteiger partial charge on any atom is 0.251 e. The molecule has 1 saturated carbocycles. The molecule has 2 aromatic rings. The number of amides is 2. The van der Waals surface area contributed by atoms with Crippen LogP contribution in [0.4, 0.5) is 5.69 Å². The van der Waals surface area contributed by atoms with Crippen LogP contribution in [0.2, 0.25) is 0 Å². The van der Waals surface area contributed by atoms with Gasteiger partial charge in [0.15, 0.2) is 0 Å². The standard InChI is InChI=1S/C23H26N2O4/c1-3-28-19-12-13-21(29-4-2)20(15-19)25-22(26)14-7-16-5-8-17(9-6-16)23(27)24-18-10-11-18/h5-9,12-15,18H,3-4,10-11H2,1-2H3,(H,24,27)(H,25,26)/b14-7+. The second kappa shape index (κ2) is 9.78. The Morgan fingerprint density at radius 1 is 1.03 bits per heavy atom. The Hall–Kier alpha value is -3.28. The fourth-order valence-corrected chi connectivity index (χ4v) is 2.73. The predicted molar refractivity (Wildman–Crippen MR) is 113 cm³/mol. The number of carbonyl (C=O) groups is 2. The normalized spacial score (nSPS) is 13.2. The number of hydrogen-bond acceptors (Lipinski definition) is 4. The summed E-state index contributed by atoms with van der Waals surface area (Å²) in [5.74, 6) is 0.910. The highest BCUT2D eigenvalue weighted by atomic mass is 16.5. The molecule has 152 valence electrons. The molecule has 1 aliphatic carbocycles. The van der Waals surface area contributed by atoms with Gasteiger partial charge in [-0.2, -0.15) is 0 Å². The van der Waals surface area contributed by atoms with E-state index in [2.05, 4.69) is 10.6 Å². The summed E-state index contributed by atoms with van der Waals surface area (Å²) in [5.41, 5.74) is 2.00. The van der Waals surface area contributed by atoms with Crippen LogP contribution in [0.3, 0.4) is 0 Å². The van der Waals surface area contributed by atoms with Gasteiger partial charge in [-0.05, 0) is 62.6 Å². The summed E-state index contributed by atoms with van der Waals surface area (Å²) in [4.78, 5) is 24.4.